The summed E-state index contributed by atoms with van der Waals surface area (Å²) in [7, 11) is 0. The Hall–Kier alpha value is -0.610. The van der Waals surface area contributed by atoms with E-state index in [0.29, 0.717) is 13.2 Å². The Kier molecular flexibility index (Phi) is 4.35. The van der Waals surface area contributed by atoms with Crippen LogP contribution in [-0.4, -0.2) is 31.2 Å². The summed E-state index contributed by atoms with van der Waals surface area (Å²) in [5.74, 6) is 0.000230. The lowest BCUT2D eigenvalue weighted by Gasteiger charge is -2.36. The highest BCUT2D eigenvalue weighted by atomic mass is 16.5. The second-order valence-corrected chi connectivity index (χ2v) is 3.82. The van der Waals surface area contributed by atoms with Gasteiger partial charge in [0.1, 0.15) is 0 Å². The number of hydrogen-bond donors (Lipinski definition) is 2. The molecule has 1 saturated carbocycles. The van der Waals surface area contributed by atoms with Crippen molar-refractivity contribution in [3.05, 3.63) is 0 Å². The van der Waals surface area contributed by atoms with E-state index in [1.807, 2.05) is 6.92 Å². The van der Waals surface area contributed by atoms with Gasteiger partial charge in [0.15, 0.2) is 0 Å². The summed E-state index contributed by atoms with van der Waals surface area (Å²) in [4.78, 5) is 11.5. The SMILES string of the molecule is CCOCCCNC(=O)C1(N)CCC1. The van der Waals surface area contributed by atoms with Crippen LogP contribution in [0.2, 0.25) is 0 Å². The van der Waals surface area contributed by atoms with E-state index < -0.39 is 5.54 Å². The Morgan fingerprint density at radius 2 is 2.29 bits per heavy atom. The standard InChI is InChI=1S/C10H20N2O2/c1-2-14-8-4-7-12-9(13)10(11)5-3-6-10/h2-8,11H2,1H3,(H,12,13). The number of nitrogens with one attached hydrogen (secondary N) is 1. The van der Waals surface area contributed by atoms with Crippen molar-refractivity contribution < 1.29 is 9.53 Å². The van der Waals surface area contributed by atoms with Crippen LogP contribution in [0.15, 0.2) is 0 Å². The van der Waals surface area contributed by atoms with Crippen LogP contribution in [0.25, 0.3) is 0 Å². The first-order valence-corrected chi connectivity index (χ1v) is 5.34. The molecule has 0 atom stereocenters. The molecule has 0 radical (unpaired) electrons. The van der Waals surface area contributed by atoms with Crippen molar-refractivity contribution in [1.82, 2.24) is 5.32 Å². The number of rotatable bonds is 6. The van der Waals surface area contributed by atoms with Crippen molar-refractivity contribution in [3.63, 3.8) is 0 Å². The normalized spacial score (nSPS) is 18.7. The maximum atomic E-state index is 11.5. The van der Waals surface area contributed by atoms with Crippen molar-refractivity contribution in [3.8, 4) is 0 Å². The third-order valence-electron chi connectivity index (χ3n) is 2.65. The molecular formula is C10H20N2O2. The first kappa shape index (κ1) is 11.5. The van der Waals surface area contributed by atoms with Gasteiger partial charge in [-0.1, -0.05) is 0 Å². The largest absolute Gasteiger partial charge is 0.382 e. The molecule has 14 heavy (non-hydrogen) atoms. The van der Waals surface area contributed by atoms with Gasteiger partial charge in [-0.3, -0.25) is 4.79 Å². The summed E-state index contributed by atoms with van der Waals surface area (Å²) in [6.07, 6.45) is 3.58. The summed E-state index contributed by atoms with van der Waals surface area (Å²) < 4.78 is 5.16. The number of nitrogens with two attached hydrogens (primary N) is 1. The van der Waals surface area contributed by atoms with Gasteiger partial charge in [-0.25, -0.2) is 0 Å². The van der Waals surface area contributed by atoms with Gasteiger partial charge in [-0.2, -0.15) is 0 Å². The molecule has 0 saturated heterocycles. The molecule has 0 bridgehead atoms. The number of ether oxygens (including phenoxy) is 1. The van der Waals surface area contributed by atoms with Crippen LogP contribution in [0.4, 0.5) is 0 Å². The smallest absolute Gasteiger partial charge is 0.240 e. The third kappa shape index (κ3) is 2.96. The first-order valence-electron chi connectivity index (χ1n) is 5.34. The maximum Gasteiger partial charge on any atom is 0.240 e. The number of hydrogen-bond acceptors (Lipinski definition) is 3. The molecule has 0 aromatic carbocycles. The highest BCUT2D eigenvalue weighted by Crippen LogP contribution is 2.28. The third-order valence-corrected chi connectivity index (χ3v) is 2.65. The Bertz CT molecular complexity index is 191. The van der Waals surface area contributed by atoms with Crippen LogP contribution < -0.4 is 11.1 Å². The molecule has 0 heterocycles. The molecule has 0 aromatic rings. The van der Waals surface area contributed by atoms with Gasteiger partial charge in [0, 0.05) is 19.8 Å². The lowest BCUT2D eigenvalue weighted by molar-refractivity contribution is -0.129. The molecule has 3 N–H and O–H groups in total. The molecule has 0 aromatic heterocycles. The average Bonchev–Trinajstić information content (AvgIpc) is 2.13. The summed E-state index contributed by atoms with van der Waals surface area (Å²) in [5.41, 5.74) is 5.28. The van der Waals surface area contributed by atoms with Crippen LogP contribution in [0.5, 0.6) is 0 Å². The Morgan fingerprint density at radius 1 is 1.57 bits per heavy atom. The van der Waals surface area contributed by atoms with E-state index in [9.17, 15) is 4.79 Å². The molecule has 82 valence electrons. The molecule has 0 spiro atoms. The van der Waals surface area contributed by atoms with Crippen molar-refractivity contribution >= 4 is 5.91 Å². The summed E-state index contributed by atoms with van der Waals surface area (Å²) in [6.45, 7) is 4.06. The molecule has 4 nitrogen and oxygen atoms in total. The molecule has 1 aliphatic rings. The van der Waals surface area contributed by atoms with Gasteiger partial charge in [0.2, 0.25) is 5.91 Å². The predicted octanol–water partition coefficient (Wildman–Crippen LogP) is 0.411. The van der Waals surface area contributed by atoms with Gasteiger partial charge in [0.05, 0.1) is 5.54 Å². The fourth-order valence-corrected chi connectivity index (χ4v) is 1.48. The molecule has 1 fully saturated rings. The lowest BCUT2D eigenvalue weighted by atomic mass is 9.77. The Morgan fingerprint density at radius 3 is 2.79 bits per heavy atom. The fraction of sp³-hybridized carbons (Fsp3) is 0.900. The van der Waals surface area contributed by atoms with Crippen LogP contribution in [-0.2, 0) is 9.53 Å². The minimum absolute atomic E-state index is 0.000230. The molecule has 0 unspecified atom stereocenters. The van der Waals surface area contributed by atoms with E-state index >= 15 is 0 Å². The first-order chi connectivity index (χ1) is 6.69. The monoisotopic (exact) mass is 200 g/mol. The maximum absolute atomic E-state index is 11.5. The van der Waals surface area contributed by atoms with Crippen molar-refractivity contribution in [2.24, 2.45) is 5.73 Å². The van der Waals surface area contributed by atoms with Crippen molar-refractivity contribution in [1.29, 1.82) is 0 Å². The zero-order valence-electron chi connectivity index (χ0n) is 8.84. The van der Waals surface area contributed by atoms with Gasteiger partial charge < -0.3 is 15.8 Å². The van der Waals surface area contributed by atoms with Crippen LogP contribution in [0.1, 0.15) is 32.6 Å². The molecular weight excluding hydrogens is 180 g/mol. The average molecular weight is 200 g/mol. The quantitative estimate of drug-likeness (QED) is 0.610. The predicted molar refractivity (Wildman–Crippen MR) is 54.9 cm³/mol. The van der Waals surface area contributed by atoms with E-state index in [0.717, 1.165) is 32.3 Å². The fourth-order valence-electron chi connectivity index (χ4n) is 1.48. The van der Waals surface area contributed by atoms with E-state index in [-0.39, 0.29) is 5.91 Å². The minimum Gasteiger partial charge on any atom is -0.382 e. The van der Waals surface area contributed by atoms with E-state index in [1.54, 1.807) is 0 Å². The zero-order chi connectivity index (χ0) is 10.4. The topological polar surface area (TPSA) is 64.3 Å². The molecule has 0 aliphatic heterocycles. The van der Waals surface area contributed by atoms with Crippen LogP contribution in [0.3, 0.4) is 0 Å². The Labute approximate surface area is 85.2 Å². The van der Waals surface area contributed by atoms with Crippen LogP contribution >= 0.6 is 0 Å². The van der Waals surface area contributed by atoms with Gasteiger partial charge in [-0.15, -0.1) is 0 Å². The van der Waals surface area contributed by atoms with Gasteiger partial charge >= 0.3 is 0 Å². The highest BCUT2D eigenvalue weighted by molar-refractivity contribution is 5.86. The van der Waals surface area contributed by atoms with Gasteiger partial charge in [0.25, 0.3) is 0 Å². The van der Waals surface area contributed by atoms with Crippen molar-refractivity contribution in [2.45, 2.75) is 38.1 Å². The second kappa shape index (κ2) is 5.32. The molecule has 1 rings (SSSR count). The van der Waals surface area contributed by atoms with Crippen molar-refractivity contribution in [2.75, 3.05) is 19.8 Å². The second-order valence-electron chi connectivity index (χ2n) is 3.82. The van der Waals surface area contributed by atoms with E-state index in [2.05, 4.69) is 5.32 Å². The molecule has 1 amide bonds. The summed E-state index contributed by atoms with van der Waals surface area (Å²) >= 11 is 0. The van der Waals surface area contributed by atoms with E-state index in [1.165, 1.54) is 0 Å². The summed E-state index contributed by atoms with van der Waals surface area (Å²) in [6, 6.07) is 0. The number of carbonyl (C=O) groups is 1. The van der Waals surface area contributed by atoms with Gasteiger partial charge in [-0.05, 0) is 32.6 Å². The zero-order valence-corrected chi connectivity index (χ0v) is 8.84. The van der Waals surface area contributed by atoms with Crippen LogP contribution in [0, 0.1) is 0 Å². The van der Waals surface area contributed by atoms with E-state index in [4.69, 9.17) is 10.5 Å². The lowest BCUT2D eigenvalue weighted by Crippen LogP contribution is -2.58. The Balaban J connectivity index is 2.03. The number of carbonyl (C=O) groups excluding carboxylic acids is 1. The molecule has 1 aliphatic carbocycles. The number of amides is 1. The molecule has 4 heteroatoms. The minimum atomic E-state index is -0.564. The summed E-state index contributed by atoms with van der Waals surface area (Å²) in [5, 5.41) is 2.84. The highest BCUT2D eigenvalue weighted by Gasteiger charge is 2.39.